The van der Waals surface area contributed by atoms with E-state index in [1.54, 1.807) is 12.1 Å². The molecule has 0 bridgehead atoms. The lowest BCUT2D eigenvalue weighted by atomic mass is 10.0. The van der Waals surface area contributed by atoms with Gasteiger partial charge in [-0.05, 0) is 35.3 Å². The van der Waals surface area contributed by atoms with Crippen LogP contribution in [0, 0.1) is 11.6 Å². The second-order valence-corrected chi connectivity index (χ2v) is 5.59. The molecule has 2 aromatic rings. The summed E-state index contributed by atoms with van der Waals surface area (Å²) in [6.45, 7) is 1.59. The van der Waals surface area contributed by atoms with E-state index in [1.165, 1.54) is 5.57 Å². The van der Waals surface area contributed by atoms with E-state index < -0.39 is 23.9 Å². The molecule has 0 saturated carbocycles. The van der Waals surface area contributed by atoms with Crippen molar-refractivity contribution in [3.05, 3.63) is 70.9 Å². The van der Waals surface area contributed by atoms with Gasteiger partial charge in [0.1, 0.15) is 24.1 Å². The van der Waals surface area contributed by atoms with Crippen LogP contribution in [0.2, 0.25) is 0 Å². The van der Waals surface area contributed by atoms with E-state index in [1.807, 2.05) is 18.3 Å². The van der Waals surface area contributed by atoms with Crippen LogP contribution in [0.25, 0.3) is 11.1 Å². The number of benzene rings is 2. The zero-order chi connectivity index (χ0) is 17.1. The molecule has 0 aromatic heterocycles. The summed E-state index contributed by atoms with van der Waals surface area (Å²) in [5.41, 5.74) is 2.62. The highest BCUT2D eigenvalue weighted by Gasteiger charge is 2.13. The normalized spacial score (nSPS) is 14.0. The molecule has 124 valence electrons. The van der Waals surface area contributed by atoms with Crippen LogP contribution in [0.3, 0.4) is 0 Å². The summed E-state index contributed by atoms with van der Waals surface area (Å²) in [5.74, 6) is -0.969. The summed E-state index contributed by atoms with van der Waals surface area (Å²) < 4.78 is 40.0. The van der Waals surface area contributed by atoms with Gasteiger partial charge in [-0.1, -0.05) is 31.2 Å². The first-order valence-corrected chi connectivity index (χ1v) is 7.76. The molecule has 0 unspecified atom stereocenters. The molecule has 0 saturated heterocycles. The topological polar surface area (TPSA) is 24.4 Å². The molecule has 0 radical (unpaired) electrons. The fourth-order valence-corrected chi connectivity index (χ4v) is 2.55. The summed E-state index contributed by atoms with van der Waals surface area (Å²) in [6.07, 6.45) is 2.91. The Morgan fingerprint density at radius 3 is 2.12 bits per heavy atom. The minimum Gasteiger partial charge on any atom is -0.346 e. The number of amidine groups is 1. The van der Waals surface area contributed by atoms with E-state index in [4.69, 9.17) is 0 Å². The molecule has 0 atom stereocenters. The van der Waals surface area contributed by atoms with Gasteiger partial charge in [0.05, 0.1) is 12.1 Å². The number of rotatable bonds is 4. The molecular weight excluding hydrogens is 313 g/mol. The van der Waals surface area contributed by atoms with Crippen molar-refractivity contribution in [2.75, 3.05) is 6.54 Å². The molecule has 0 aliphatic carbocycles. The Morgan fingerprint density at radius 2 is 1.62 bits per heavy atom. The Labute approximate surface area is 138 Å². The van der Waals surface area contributed by atoms with Crippen LogP contribution in [-0.2, 0) is 6.67 Å². The van der Waals surface area contributed by atoms with Crippen LogP contribution in [0.4, 0.5) is 13.2 Å². The van der Waals surface area contributed by atoms with Crippen molar-refractivity contribution in [1.29, 1.82) is 0 Å². The third kappa shape index (κ3) is 3.20. The third-order valence-electron chi connectivity index (χ3n) is 4.07. The van der Waals surface area contributed by atoms with E-state index in [9.17, 15) is 13.2 Å². The Bertz CT molecular complexity index is 785. The molecule has 0 amide bonds. The van der Waals surface area contributed by atoms with Gasteiger partial charge in [-0.15, -0.1) is 0 Å². The smallest absolute Gasteiger partial charge is 0.132 e. The number of halogens is 3. The predicted octanol–water partition coefficient (Wildman–Crippen LogP) is 4.75. The molecule has 1 N–H and O–H groups in total. The molecule has 3 rings (SSSR count). The van der Waals surface area contributed by atoms with Gasteiger partial charge in [0.25, 0.3) is 0 Å². The number of hydrogen-bond donors (Lipinski definition) is 1. The van der Waals surface area contributed by atoms with Crippen LogP contribution < -0.4 is 5.32 Å². The van der Waals surface area contributed by atoms with Crippen molar-refractivity contribution >= 4 is 5.84 Å². The summed E-state index contributed by atoms with van der Waals surface area (Å²) in [6, 6.07) is 9.51. The number of nitrogens with zero attached hydrogens (tertiary/aromatic N) is 1. The summed E-state index contributed by atoms with van der Waals surface area (Å²) in [5, 5.41) is 3.16. The largest absolute Gasteiger partial charge is 0.346 e. The van der Waals surface area contributed by atoms with Crippen molar-refractivity contribution < 1.29 is 13.2 Å². The number of alkyl halides is 1. The monoisotopic (exact) mass is 330 g/mol. The first kappa shape index (κ1) is 16.3. The van der Waals surface area contributed by atoms with Gasteiger partial charge < -0.3 is 5.32 Å². The molecule has 2 aromatic carbocycles. The summed E-state index contributed by atoms with van der Waals surface area (Å²) in [4.78, 5) is 4.48. The molecule has 0 spiro atoms. The standard InChI is InChI=1S/C19H17F3N2/c1-2-12-10-23-19(24-11-12)14-5-3-13(4-6-14)15-7-17(21)16(9-20)18(22)8-15/h3-8,10H,2,9,11H2,1H3,(H,23,24). The van der Waals surface area contributed by atoms with E-state index in [-0.39, 0.29) is 0 Å². The maximum atomic E-state index is 13.7. The average molecular weight is 330 g/mol. The Kier molecular flexibility index (Phi) is 4.69. The van der Waals surface area contributed by atoms with Crippen molar-refractivity contribution in [3.63, 3.8) is 0 Å². The highest BCUT2D eigenvalue weighted by Crippen LogP contribution is 2.25. The lowest BCUT2D eigenvalue weighted by Crippen LogP contribution is -2.23. The predicted molar refractivity (Wildman–Crippen MR) is 89.5 cm³/mol. The molecule has 0 fully saturated rings. The van der Waals surface area contributed by atoms with Crippen LogP contribution in [0.5, 0.6) is 0 Å². The minimum absolute atomic E-state index is 0.375. The van der Waals surface area contributed by atoms with Crippen molar-refractivity contribution in [1.82, 2.24) is 5.32 Å². The molecule has 5 heteroatoms. The fraction of sp³-hybridized carbons (Fsp3) is 0.211. The van der Waals surface area contributed by atoms with Gasteiger partial charge in [-0.25, -0.2) is 13.2 Å². The van der Waals surface area contributed by atoms with E-state index >= 15 is 0 Å². The number of aliphatic imine (C=N–C) groups is 1. The van der Waals surface area contributed by atoms with Gasteiger partial charge >= 0.3 is 0 Å². The summed E-state index contributed by atoms with van der Waals surface area (Å²) in [7, 11) is 0. The quantitative estimate of drug-likeness (QED) is 0.860. The second-order valence-electron chi connectivity index (χ2n) is 5.59. The maximum absolute atomic E-state index is 13.7. The Hall–Kier alpha value is -2.56. The number of nitrogens with one attached hydrogen (secondary N) is 1. The lowest BCUT2D eigenvalue weighted by Gasteiger charge is -2.14. The Balaban J connectivity index is 1.84. The van der Waals surface area contributed by atoms with Gasteiger partial charge in [-0.3, -0.25) is 4.99 Å². The van der Waals surface area contributed by atoms with Gasteiger partial charge in [0, 0.05) is 11.8 Å². The summed E-state index contributed by atoms with van der Waals surface area (Å²) >= 11 is 0. The van der Waals surface area contributed by atoms with E-state index in [0.29, 0.717) is 17.7 Å². The van der Waals surface area contributed by atoms with Gasteiger partial charge in [0.15, 0.2) is 0 Å². The zero-order valence-corrected chi connectivity index (χ0v) is 13.2. The third-order valence-corrected chi connectivity index (χ3v) is 4.07. The van der Waals surface area contributed by atoms with E-state index in [2.05, 4.69) is 17.2 Å². The van der Waals surface area contributed by atoms with E-state index in [0.717, 1.165) is 30.0 Å². The minimum atomic E-state index is -1.16. The van der Waals surface area contributed by atoms with Crippen LogP contribution in [0.1, 0.15) is 24.5 Å². The van der Waals surface area contributed by atoms with Crippen molar-refractivity contribution in [2.24, 2.45) is 4.99 Å². The van der Waals surface area contributed by atoms with Crippen LogP contribution in [-0.4, -0.2) is 12.4 Å². The van der Waals surface area contributed by atoms with Crippen LogP contribution in [0.15, 0.2) is 53.2 Å². The molecule has 1 aliphatic rings. The average Bonchev–Trinajstić information content (AvgIpc) is 2.62. The van der Waals surface area contributed by atoms with Gasteiger partial charge in [0.2, 0.25) is 0 Å². The van der Waals surface area contributed by atoms with Crippen molar-refractivity contribution in [3.8, 4) is 11.1 Å². The number of hydrogen-bond acceptors (Lipinski definition) is 2. The highest BCUT2D eigenvalue weighted by atomic mass is 19.1. The van der Waals surface area contributed by atoms with Gasteiger partial charge in [-0.2, -0.15) is 0 Å². The molecule has 1 heterocycles. The van der Waals surface area contributed by atoms with Crippen LogP contribution >= 0.6 is 0 Å². The molecule has 1 aliphatic heterocycles. The lowest BCUT2D eigenvalue weighted by molar-refractivity contribution is 0.440. The zero-order valence-electron chi connectivity index (χ0n) is 13.2. The Morgan fingerprint density at radius 1 is 1.00 bits per heavy atom. The molecular formula is C19H17F3N2. The second kappa shape index (κ2) is 6.91. The molecule has 2 nitrogen and oxygen atoms in total. The fourth-order valence-electron chi connectivity index (χ4n) is 2.55. The molecule has 24 heavy (non-hydrogen) atoms. The highest BCUT2D eigenvalue weighted by molar-refractivity contribution is 6.00. The van der Waals surface area contributed by atoms with Crippen molar-refractivity contribution in [2.45, 2.75) is 20.0 Å². The first-order chi connectivity index (χ1) is 11.6. The first-order valence-electron chi connectivity index (χ1n) is 7.76. The maximum Gasteiger partial charge on any atom is 0.132 e. The SMILES string of the molecule is CCC1=CNC(c2ccc(-c3cc(F)c(CF)c(F)c3)cc2)=NC1.